The summed E-state index contributed by atoms with van der Waals surface area (Å²) in [5.74, 6) is -5.11. The lowest BCUT2D eigenvalue weighted by molar-refractivity contribution is -0.146. The molecule has 0 saturated carbocycles. The number of carbonyl (C=O) groups is 4. The summed E-state index contributed by atoms with van der Waals surface area (Å²) in [7, 11) is 0. The van der Waals surface area contributed by atoms with Crippen LogP contribution < -0.4 is 5.73 Å². The van der Waals surface area contributed by atoms with E-state index in [9.17, 15) is 19.2 Å². The van der Waals surface area contributed by atoms with Crippen LogP contribution in [-0.2, 0) is 19.2 Å². The Kier molecular flexibility index (Phi) is 3.90. The first-order valence-corrected chi connectivity index (χ1v) is 5.14. The van der Waals surface area contributed by atoms with Gasteiger partial charge in [0.15, 0.2) is 0 Å². The highest BCUT2D eigenvalue weighted by Gasteiger charge is 2.50. The minimum atomic E-state index is -1.85. The minimum absolute atomic E-state index is 0.440. The normalized spacial score (nSPS) is 26.6. The number of amides is 1. The lowest BCUT2D eigenvalue weighted by Crippen LogP contribution is -2.50. The van der Waals surface area contributed by atoms with Gasteiger partial charge in [-0.3, -0.25) is 9.59 Å². The summed E-state index contributed by atoms with van der Waals surface area (Å²) in [5.41, 5.74) is 3.67. The van der Waals surface area contributed by atoms with Crippen LogP contribution in [0.15, 0.2) is 12.2 Å². The first-order valence-electron chi connectivity index (χ1n) is 5.14. The molecule has 0 unspecified atom stereocenters. The molecule has 1 heterocycles. The maximum Gasteiger partial charge on any atom is 0.328 e. The Labute approximate surface area is 106 Å². The smallest absolute Gasteiger partial charge is 0.328 e. The highest BCUT2D eigenvalue weighted by molar-refractivity contribution is 5.97. The number of carbonyl (C=O) groups excluding carboxylic acids is 1. The monoisotopic (exact) mass is 272 g/mol. The molecule has 0 radical (unpaired) electrons. The molecule has 9 heteroatoms. The van der Waals surface area contributed by atoms with E-state index in [-0.39, 0.29) is 0 Å². The molecule has 1 amide bonds. The van der Waals surface area contributed by atoms with Gasteiger partial charge in [0.05, 0.1) is 6.54 Å². The third-order valence-corrected chi connectivity index (χ3v) is 2.75. The fourth-order valence-electron chi connectivity index (χ4n) is 1.78. The van der Waals surface area contributed by atoms with Crippen molar-refractivity contribution >= 4 is 23.8 Å². The zero-order valence-electron chi connectivity index (χ0n) is 9.65. The molecule has 1 fully saturated rings. The second-order valence-corrected chi connectivity index (χ2v) is 4.16. The number of nitrogens with two attached hydrogens (primary N) is 1. The van der Waals surface area contributed by atoms with E-state index in [2.05, 4.69) is 0 Å². The van der Waals surface area contributed by atoms with Crippen molar-refractivity contribution in [2.75, 3.05) is 6.54 Å². The van der Waals surface area contributed by atoms with Crippen LogP contribution in [0, 0.1) is 0 Å². The van der Waals surface area contributed by atoms with E-state index in [0.717, 1.165) is 4.90 Å². The van der Waals surface area contributed by atoms with E-state index in [4.69, 9.17) is 21.1 Å². The Hall–Kier alpha value is -2.42. The van der Waals surface area contributed by atoms with Gasteiger partial charge in [0, 0.05) is 18.6 Å². The van der Waals surface area contributed by atoms with Gasteiger partial charge in [0.2, 0.25) is 5.91 Å². The van der Waals surface area contributed by atoms with Gasteiger partial charge in [-0.05, 0) is 0 Å². The predicted molar refractivity (Wildman–Crippen MR) is 59.1 cm³/mol. The van der Waals surface area contributed by atoms with Gasteiger partial charge in [-0.2, -0.15) is 0 Å². The molecule has 9 nitrogen and oxygen atoms in total. The molecular formula is C10H12N2O7. The van der Waals surface area contributed by atoms with Crippen LogP contribution >= 0.6 is 0 Å². The molecule has 19 heavy (non-hydrogen) atoms. The summed E-state index contributed by atoms with van der Waals surface area (Å²) >= 11 is 0. The van der Waals surface area contributed by atoms with Crippen molar-refractivity contribution in [2.24, 2.45) is 5.73 Å². The van der Waals surface area contributed by atoms with E-state index in [1.807, 2.05) is 0 Å². The van der Waals surface area contributed by atoms with Gasteiger partial charge in [0.1, 0.15) is 11.6 Å². The third-order valence-electron chi connectivity index (χ3n) is 2.75. The molecule has 0 aromatic carbocycles. The molecule has 1 aliphatic heterocycles. The van der Waals surface area contributed by atoms with Crippen LogP contribution in [0.25, 0.3) is 0 Å². The molecule has 0 bridgehead atoms. The quantitative estimate of drug-likeness (QED) is 0.432. The molecular weight excluding hydrogens is 260 g/mol. The van der Waals surface area contributed by atoms with Crippen molar-refractivity contribution in [2.45, 2.75) is 18.0 Å². The average molecular weight is 272 g/mol. The van der Waals surface area contributed by atoms with E-state index in [1.54, 1.807) is 0 Å². The molecule has 0 aromatic heterocycles. The van der Waals surface area contributed by atoms with Crippen LogP contribution in [0.1, 0.15) is 6.42 Å². The zero-order valence-corrected chi connectivity index (χ0v) is 9.65. The lowest BCUT2D eigenvalue weighted by atomic mass is 9.98. The summed E-state index contributed by atoms with van der Waals surface area (Å²) < 4.78 is 0. The molecule has 104 valence electrons. The van der Waals surface area contributed by atoms with Crippen LogP contribution in [0.3, 0.4) is 0 Å². The maximum absolute atomic E-state index is 11.6. The Morgan fingerprint density at radius 2 is 1.74 bits per heavy atom. The Bertz CT molecular complexity index is 472. The van der Waals surface area contributed by atoms with Crippen molar-refractivity contribution < 1.29 is 34.5 Å². The summed E-state index contributed by atoms with van der Waals surface area (Å²) in [5, 5.41) is 26.2. The second-order valence-electron chi connectivity index (χ2n) is 4.16. The van der Waals surface area contributed by atoms with Crippen LogP contribution in [0.5, 0.6) is 0 Å². The molecule has 2 atom stereocenters. The number of hydrogen-bond donors (Lipinski definition) is 4. The minimum Gasteiger partial charge on any atom is -0.480 e. The number of rotatable bonds is 4. The fourth-order valence-corrected chi connectivity index (χ4v) is 1.78. The van der Waals surface area contributed by atoms with Gasteiger partial charge in [-0.1, -0.05) is 0 Å². The van der Waals surface area contributed by atoms with Gasteiger partial charge >= 0.3 is 17.9 Å². The van der Waals surface area contributed by atoms with Crippen LogP contribution in [0.4, 0.5) is 0 Å². The van der Waals surface area contributed by atoms with E-state index in [0.29, 0.717) is 12.2 Å². The first kappa shape index (κ1) is 14.6. The number of carboxylic acids is 3. The molecule has 5 N–H and O–H groups in total. The second kappa shape index (κ2) is 5.06. The largest absolute Gasteiger partial charge is 0.480 e. The molecule has 1 saturated heterocycles. The molecule has 0 aliphatic carbocycles. The summed E-state index contributed by atoms with van der Waals surface area (Å²) in [6, 6.07) is -1.40. The van der Waals surface area contributed by atoms with E-state index in [1.165, 1.54) is 0 Å². The zero-order chi connectivity index (χ0) is 14.8. The first-order chi connectivity index (χ1) is 8.67. The molecule has 0 aromatic rings. The van der Waals surface area contributed by atoms with Gasteiger partial charge in [-0.25, -0.2) is 9.59 Å². The summed E-state index contributed by atoms with van der Waals surface area (Å²) in [6.45, 7) is -0.498. The Morgan fingerprint density at radius 3 is 2.16 bits per heavy atom. The van der Waals surface area contributed by atoms with Crippen LogP contribution in [-0.4, -0.2) is 62.2 Å². The molecule has 1 rings (SSSR count). The predicted octanol–water partition coefficient (Wildman–Crippen LogP) is -1.91. The highest BCUT2D eigenvalue weighted by Crippen LogP contribution is 2.26. The van der Waals surface area contributed by atoms with Gasteiger partial charge in [0.25, 0.3) is 0 Å². The van der Waals surface area contributed by atoms with Gasteiger partial charge in [-0.15, -0.1) is 0 Å². The number of hydrogen-bond acceptors (Lipinski definition) is 5. The summed E-state index contributed by atoms with van der Waals surface area (Å²) in [6.07, 6.45) is 0.759. The van der Waals surface area contributed by atoms with Crippen LogP contribution in [0.2, 0.25) is 0 Å². The Balaban J connectivity index is 2.98. The van der Waals surface area contributed by atoms with Crippen molar-refractivity contribution in [3.63, 3.8) is 0 Å². The maximum atomic E-state index is 11.6. The number of aliphatic carboxylic acids is 3. The highest BCUT2D eigenvalue weighted by atomic mass is 16.4. The number of nitrogens with zero attached hydrogens (tertiary/aromatic N) is 1. The van der Waals surface area contributed by atoms with Crippen molar-refractivity contribution in [3.8, 4) is 0 Å². The average Bonchev–Trinajstić information content (AvgIpc) is 2.66. The number of carboxylic acid groups (broad SMARTS) is 3. The number of likely N-dealkylation sites (tertiary alicyclic amines) is 1. The van der Waals surface area contributed by atoms with Crippen molar-refractivity contribution in [1.82, 2.24) is 4.90 Å². The van der Waals surface area contributed by atoms with Gasteiger partial charge < -0.3 is 26.0 Å². The lowest BCUT2D eigenvalue weighted by Gasteiger charge is -2.20. The topological polar surface area (TPSA) is 158 Å². The van der Waals surface area contributed by atoms with Crippen molar-refractivity contribution in [1.29, 1.82) is 0 Å². The van der Waals surface area contributed by atoms with E-state index < -0.39 is 48.4 Å². The fraction of sp³-hybridized carbons (Fsp3) is 0.400. The summed E-state index contributed by atoms with van der Waals surface area (Å²) in [4.78, 5) is 44.6. The van der Waals surface area contributed by atoms with Crippen molar-refractivity contribution in [3.05, 3.63) is 12.2 Å². The Morgan fingerprint density at radius 1 is 1.16 bits per heavy atom. The molecule has 1 aliphatic rings. The van der Waals surface area contributed by atoms with E-state index >= 15 is 0 Å². The standard InChI is InChI=1S/C10H12N2O7/c11-10(9(18)19)3-5(8(16)17)12(4-10)6(13)1-2-7(14)15/h1-2,5H,3-4,11H2,(H,14,15)(H,16,17)(H,18,19)/b2-1+/t5-,10+/m1/s1. The SMILES string of the molecule is N[C@@]1(C(=O)O)C[C@H](C(=O)O)N(C(=O)/C=C/C(=O)O)C1. The third kappa shape index (κ3) is 3.07. The molecule has 0 spiro atoms.